The van der Waals surface area contributed by atoms with Gasteiger partial charge in [-0.2, -0.15) is 0 Å². The molecule has 1 aliphatic heterocycles. The number of halogens is 1. The van der Waals surface area contributed by atoms with Gasteiger partial charge in [0.05, 0.1) is 24.9 Å². The lowest BCUT2D eigenvalue weighted by atomic mass is 9.94. The van der Waals surface area contributed by atoms with Gasteiger partial charge in [-0.25, -0.2) is 0 Å². The van der Waals surface area contributed by atoms with Crippen LogP contribution in [-0.2, 0) is 11.2 Å². The van der Waals surface area contributed by atoms with Crippen LogP contribution >= 0.6 is 11.6 Å². The highest BCUT2D eigenvalue weighted by molar-refractivity contribution is 6.31. The van der Waals surface area contributed by atoms with E-state index in [9.17, 15) is 10.2 Å². The highest BCUT2D eigenvalue weighted by atomic mass is 35.5. The zero-order valence-corrected chi connectivity index (χ0v) is 17.6. The SMILES string of the molecule is OCC1CC(O)CC(c2ccc(Cl)c(Cc3ccc(OCC#CC4CC4)cc3)c2)O1. The van der Waals surface area contributed by atoms with Gasteiger partial charge in [-0.05, 0) is 54.2 Å². The molecule has 2 N–H and O–H groups in total. The Morgan fingerprint density at radius 2 is 1.90 bits per heavy atom. The normalized spacial score (nSPS) is 23.5. The maximum absolute atomic E-state index is 10.1. The summed E-state index contributed by atoms with van der Waals surface area (Å²) in [7, 11) is 0. The second-order valence-electron chi connectivity index (χ2n) is 8.11. The molecule has 5 heteroatoms. The Morgan fingerprint density at radius 1 is 1.10 bits per heavy atom. The molecule has 0 radical (unpaired) electrons. The summed E-state index contributed by atoms with van der Waals surface area (Å²) in [5.41, 5.74) is 3.10. The van der Waals surface area contributed by atoms with E-state index in [1.807, 2.05) is 42.5 Å². The van der Waals surface area contributed by atoms with Gasteiger partial charge in [0, 0.05) is 23.8 Å². The predicted octanol–water partition coefficient (Wildman–Crippen LogP) is 4.30. The minimum atomic E-state index is -0.471. The Kier molecular flexibility index (Phi) is 6.97. The topological polar surface area (TPSA) is 58.9 Å². The van der Waals surface area contributed by atoms with E-state index < -0.39 is 6.10 Å². The summed E-state index contributed by atoms with van der Waals surface area (Å²) in [6.45, 7) is 0.334. The van der Waals surface area contributed by atoms with Crippen molar-refractivity contribution in [2.75, 3.05) is 13.2 Å². The van der Waals surface area contributed by atoms with Crippen molar-refractivity contribution in [2.45, 2.75) is 50.4 Å². The van der Waals surface area contributed by atoms with E-state index in [4.69, 9.17) is 21.1 Å². The summed E-state index contributed by atoms with van der Waals surface area (Å²) in [6.07, 6.45) is 3.08. The van der Waals surface area contributed by atoms with Crippen LogP contribution in [0.5, 0.6) is 5.75 Å². The molecule has 158 valence electrons. The number of hydrogen-bond donors (Lipinski definition) is 2. The molecule has 2 fully saturated rings. The van der Waals surface area contributed by atoms with Crippen LogP contribution in [0.3, 0.4) is 0 Å². The standard InChI is InChI=1S/C25H27ClO4/c26-24-10-7-19(25-15-21(28)14-23(16-27)30-25)13-20(24)12-18-5-8-22(9-6-18)29-11-1-2-17-3-4-17/h5-10,13,17,21,23,25,27-28H,3-4,11-12,14-16H2. The Hall–Kier alpha value is -2.03. The molecule has 3 atom stereocenters. The molecule has 1 saturated carbocycles. The first-order valence-electron chi connectivity index (χ1n) is 10.5. The summed E-state index contributed by atoms with van der Waals surface area (Å²) >= 11 is 6.45. The molecule has 0 aromatic heterocycles. The van der Waals surface area contributed by atoms with Crippen molar-refractivity contribution >= 4 is 11.6 Å². The van der Waals surface area contributed by atoms with E-state index in [-0.39, 0.29) is 18.8 Å². The summed E-state index contributed by atoms with van der Waals surface area (Å²) in [6, 6.07) is 13.8. The molecule has 0 amide bonds. The first-order chi connectivity index (χ1) is 14.6. The zero-order chi connectivity index (χ0) is 20.9. The summed E-state index contributed by atoms with van der Waals surface area (Å²) in [5.74, 6) is 7.66. The first kappa shape index (κ1) is 21.2. The van der Waals surface area contributed by atoms with E-state index >= 15 is 0 Å². The second kappa shape index (κ2) is 9.85. The number of aliphatic hydroxyl groups excluding tert-OH is 2. The molecular weight excluding hydrogens is 400 g/mol. The molecule has 1 saturated heterocycles. The lowest BCUT2D eigenvalue weighted by Crippen LogP contribution is -2.33. The van der Waals surface area contributed by atoms with Gasteiger partial charge in [0.25, 0.3) is 0 Å². The lowest BCUT2D eigenvalue weighted by molar-refractivity contribution is -0.113. The van der Waals surface area contributed by atoms with Gasteiger partial charge in [0.1, 0.15) is 12.4 Å². The smallest absolute Gasteiger partial charge is 0.149 e. The van der Waals surface area contributed by atoms with Gasteiger partial charge in [-0.1, -0.05) is 47.7 Å². The van der Waals surface area contributed by atoms with Crippen molar-refractivity contribution in [3.05, 3.63) is 64.2 Å². The average molecular weight is 427 g/mol. The highest BCUT2D eigenvalue weighted by Crippen LogP contribution is 2.34. The van der Waals surface area contributed by atoms with E-state index in [0.717, 1.165) is 22.4 Å². The van der Waals surface area contributed by atoms with E-state index in [1.165, 1.54) is 12.8 Å². The summed E-state index contributed by atoms with van der Waals surface area (Å²) < 4.78 is 11.6. The van der Waals surface area contributed by atoms with Crippen molar-refractivity contribution in [3.63, 3.8) is 0 Å². The minimum Gasteiger partial charge on any atom is -0.481 e. The highest BCUT2D eigenvalue weighted by Gasteiger charge is 2.29. The molecule has 4 rings (SSSR count). The Morgan fingerprint density at radius 3 is 2.63 bits per heavy atom. The Bertz CT molecular complexity index is 911. The fourth-order valence-electron chi connectivity index (χ4n) is 3.71. The maximum Gasteiger partial charge on any atom is 0.149 e. The maximum atomic E-state index is 10.1. The zero-order valence-electron chi connectivity index (χ0n) is 16.9. The fraction of sp³-hybridized carbons (Fsp3) is 0.440. The van der Waals surface area contributed by atoms with Gasteiger partial charge in [0.2, 0.25) is 0 Å². The largest absolute Gasteiger partial charge is 0.481 e. The van der Waals surface area contributed by atoms with Crippen molar-refractivity contribution < 1.29 is 19.7 Å². The van der Waals surface area contributed by atoms with Crippen LogP contribution < -0.4 is 4.74 Å². The number of aliphatic hydroxyl groups is 2. The minimum absolute atomic E-state index is 0.0887. The third-order valence-corrected chi connectivity index (χ3v) is 5.90. The molecule has 2 aromatic carbocycles. The number of benzene rings is 2. The van der Waals surface area contributed by atoms with Crippen molar-refractivity contribution in [2.24, 2.45) is 5.92 Å². The number of ether oxygens (including phenoxy) is 2. The van der Waals surface area contributed by atoms with Gasteiger partial charge in [-0.15, -0.1) is 0 Å². The third kappa shape index (κ3) is 5.77. The van der Waals surface area contributed by atoms with E-state index in [1.54, 1.807) is 0 Å². The van der Waals surface area contributed by atoms with Crippen LogP contribution in [0, 0.1) is 17.8 Å². The summed E-state index contributed by atoms with van der Waals surface area (Å²) in [5, 5.41) is 20.2. The van der Waals surface area contributed by atoms with Crippen LogP contribution in [0.15, 0.2) is 42.5 Å². The molecule has 1 heterocycles. The van der Waals surface area contributed by atoms with Gasteiger partial charge < -0.3 is 19.7 Å². The molecule has 2 aromatic rings. The quantitative estimate of drug-likeness (QED) is 0.676. The average Bonchev–Trinajstić information content (AvgIpc) is 3.58. The van der Waals surface area contributed by atoms with Gasteiger partial charge >= 0.3 is 0 Å². The first-order valence-corrected chi connectivity index (χ1v) is 10.9. The number of rotatable bonds is 6. The van der Waals surface area contributed by atoms with Gasteiger partial charge in [-0.3, -0.25) is 0 Å². The van der Waals surface area contributed by atoms with Crippen LogP contribution in [-0.4, -0.2) is 35.6 Å². The van der Waals surface area contributed by atoms with E-state index in [0.29, 0.717) is 36.8 Å². The van der Waals surface area contributed by atoms with E-state index in [2.05, 4.69) is 11.8 Å². The Balaban J connectivity index is 1.40. The van der Waals surface area contributed by atoms with Crippen LogP contribution in [0.4, 0.5) is 0 Å². The third-order valence-electron chi connectivity index (χ3n) is 5.54. The molecule has 0 bridgehead atoms. The summed E-state index contributed by atoms with van der Waals surface area (Å²) in [4.78, 5) is 0. The Labute approximate surface area is 182 Å². The molecule has 4 nitrogen and oxygen atoms in total. The molecule has 3 unspecified atom stereocenters. The predicted molar refractivity (Wildman–Crippen MR) is 117 cm³/mol. The van der Waals surface area contributed by atoms with Crippen LogP contribution in [0.1, 0.15) is 48.5 Å². The van der Waals surface area contributed by atoms with Crippen molar-refractivity contribution in [1.82, 2.24) is 0 Å². The monoisotopic (exact) mass is 426 g/mol. The van der Waals surface area contributed by atoms with Crippen LogP contribution in [0.2, 0.25) is 5.02 Å². The lowest BCUT2D eigenvalue weighted by Gasteiger charge is -2.32. The van der Waals surface area contributed by atoms with Gasteiger partial charge in [0.15, 0.2) is 0 Å². The fourth-order valence-corrected chi connectivity index (χ4v) is 3.89. The molecule has 30 heavy (non-hydrogen) atoms. The molecule has 1 aliphatic carbocycles. The second-order valence-corrected chi connectivity index (χ2v) is 8.52. The molecular formula is C25H27ClO4. The van der Waals surface area contributed by atoms with Crippen LogP contribution in [0.25, 0.3) is 0 Å². The van der Waals surface area contributed by atoms with Crippen molar-refractivity contribution in [3.8, 4) is 17.6 Å². The number of hydrogen-bond acceptors (Lipinski definition) is 4. The molecule has 0 spiro atoms. The molecule has 2 aliphatic rings. The van der Waals surface area contributed by atoms with Crippen molar-refractivity contribution in [1.29, 1.82) is 0 Å².